The topological polar surface area (TPSA) is 0 Å². The highest BCUT2D eigenvalue weighted by Crippen LogP contribution is 2.42. The summed E-state index contributed by atoms with van der Waals surface area (Å²) in [5.41, 5.74) is 6.50. The average molecular weight is 423 g/mol. The molecule has 0 aliphatic rings. The van der Waals surface area contributed by atoms with Crippen LogP contribution in [0.15, 0.2) is 103 Å². The Morgan fingerprint density at radius 2 is 1.18 bits per heavy atom. The molecule has 0 saturated carbocycles. The molecule has 28 heavy (non-hydrogen) atoms. The molecule has 0 spiro atoms. The molecule has 0 atom stereocenters. The number of benzene rings is 5. The molecule has 0 unspecified atom stereocenters. The summed E-state index contributed by atoms with van der Waals surface area (Å²) in [7, 11) is 0. The van der Waals surface area contributed by atoms with Crippen LogP contribution in [-0.4, -0.2) is 0 Å². The van der Waals surface area contributed by atoms with Crippen LogP contribution in [0.2, 0.25) is 0 Å². The Bertz CT molecular complexity index is 1280. The lowest BCUT2D eigenvalue weighted by atomic mass is 9.86. The van der Waals surface area contributed by atoms with Crippen molar-refractivity contribution in [3.63, 3.8) is 0 Å². The number of alkyl halides is 1. The van der Waals surface area contributed by atoms with E-state index in [9.17, 15) is 0 Å². The van der Waals surface area contributed by atoms with Crippen molar-refractivity contribution in [1.29, 1.82) is 0 Å². The van der Waals surface area contributed by atoms with Gasteiger partial charge < -0.3 is 0 Å². The van der Waals surface area contributed by atoms with E-state index >= 15 is 0 Å². The number of fused-ring (bicyclic) bond motifs is 2. The van der Waals surface area contributed by atoms with Crippen LogP contribution in [0.3, 0.4) is 0 Å². The Labute approximate surface area is 173 Å². The van der Waals surface area contributed by atoms with Crippen LogP contribution in [0.1, 0.15) is 5.56 Å². The SMILES string of the molecule is BrCc1c(-c2ccccc2)cc2ccccc2c1-c1cccc2ccccc12. The zero-order valence-electron chi connectivity index (χ0n) is 15.4. The molecule has 5 rings (SSSR count). The molecule has 5 aromatic rings. The highest BCUT2D eigenvalue weighted by Gasteiger charge is 2.17. The average Bonchev–Trinajstić information content (AvgIpc) is 2.78. The molecule has 0 N–H and O–H groups in total. The van der Waals surface area contributed by atoms with Crippen LogP contribution in [-0.2, 0) is 5.33 Å². The van der Waals surface area contributed by atoms with Crippen LogP contribution in [0, 0.1) is 0 Å². The van der Waals surface area contributed by atoms with Gasteiger partial charge in [-0.15, -0.1) is 0 Å². The van der Waals surface area contributed by atoms with Gasteiger partial charge in [0, 0.05) is 5.33 Å². The second-order valence-electron chi connectivity index (χ2n) is 7.03. The highest BCUT2D eigenvalue weighted by atomic mass is 79.9. The van der Waals surface area contributed by atoms with Crippen LogP contribution >= 0.6 is 15.9 Å². The summed E-state index contributed by atoms with van der Waals surface area (Å²) in [6.07, 6.45) is 0. The van der Waals surface area contributed by atoms with Crippen LogP contribution in [0.25, 0.3) is 43.8 Å². The largest absolute Gasteiger partial charge is 0.0876 e. The summed E-state index contributed by atoms with van der Waals surface area (Å²) in [4.78, 5) is 0. The lowest BCUT2D eigenvalue weighted by Gasteiger charge is -2.19. The highest BCUT2D eigenvalue weighted by molar-refractivity contribution is 9.08. The molecule has 0 aliphatic heterocycles. The Balaban J connectivity index is 1.95. The van der Waals surface area contributed by atoms with Crippen molar-refractivity contribution in [1.82, 2.24) is 0 Å². The molecule has 0 radical (unpaired) electrons. The van der Waals surface area contributed by atoms with Gasteiger partial charge in [0.15, 0.2) is 0 Å². The van der Waals surface area contributed by atoms with E-state index in [1.54, 1.807) is 0 Å². The second kappa shape index (κ2) is 7.26. The van der Waals surface area contributed by atoms with Crippen molar-refractivity contribution in [2.45, 2.75) is 5.33 Å². The second-order valence-corrected chi connectivity index (χ2v) is 7.59. The maximum Gasteiger partial charge on any atom is 0.0295 e. The van der Waals surface area contributed by atoms with Crippen LogP contribution < -0.4 is 0 Å². The van der Waals surface area contributed by atoms with Crippen molar-refractivity contribution in [3.05, 3.63) is 109 Å². The third kappa shape index (κ3) is 2.83. The van der Waals surface area contributed by atoms with Gasteiger partial charge in [-0.1, -0.05) is 113 Å². The van der Waals surface area contributed by atoms with Gasteiger partial charge in [-0.2, -0.15) is 0 Å². The van der Waals surface area contributed by atoms with E-state index in [1.165, 1.54) is 49.4 Å². The molecule has 0 nitrogen and oxygen atoms in total. The first kappa shape index (κ1) is 17.2. The molecule has 0 amide bonds. The molecule has 5 aromatic carbocycles. The number of hydrogen-bond donors (Lipinski definition) is 0. The predicted octanol–water partition coefficient (Wildman–Crippen LogP) is 8.22. The minimum Gasteiger partial charge on any atom is -0.0876 e. The lowest BCUT2D eigenvalue weighted by molar-refractivity contribution is 1.45. The number of rotatable bonds is 3. The first-order valence-corrected chi connectivity index (χ1v) is 10.6. The van der Waals surface area contributed by atoms with E-state index in [-0.39, 0.29) is 0 Å². The van der Waals surface area contributed by atoms with Gasteiger partial charge in [0.05, 0.1) is 0 Å². The summed E-state index contributed by atoms with van der Waals surface area (Å²) in [6.45, 7) is 0. The Hall–Kier alpha value is -2.90. The molecule has 0 aromatic heterocycles. The summed E-state index contributed by atoms with van der Waals surface area (Å²) in [5.74, 6) is 0. The van der Waals surface area contributed by atoms with E-state index in [0.717, 1.165) is 5.33 Å². The summed E-state index contributed by atoms with van der Waals surface area (Å²) < 4.78 is 0. The van der Waals surface area contributed by atoms with Gasteiger partial charge in [0.25, 0.3) is 0 Å². The molecule has 134 valence electrons. The van der Waals surface area contributed by atoms with Crippen LogP contribution in [0.4, 0.5) is 0 Å². The zero-order chi connectivity index (χ0) is 18.9. The van der Waals surface area contributed by atoms with Gasteiger partial charge >= 0.3 is 0 Å². The maximum atomic E-state index is 3.80. The molecule has 0 heterocycles. The molecule has 0 aliphatic carbocycles. The fourth-order valence-electron chi connectivity index (χ4n) is 4.16. The van der Waals surface area contributed by atoms with Crippen LogP contribution in [0.5, 0.6) is 0 Å². The third-order valence-corrected chi connectivity index (χ3v) is 5.99. The normalized spacial score (nSPS) is 11.2. The van der Waals surface area contributed by atoms with Gasteiger partial charge in [-0.05, 0) is 55.4 Å². The molecule has 0 bridgehead atoms. The van der Waals surface area contributed by atoms with Crippen molar-refractivity contribution in [2.75, 3.05) is 0 Å². The quantitative estimate of drug-likeness (QED) is 0.257. The van der Waals surface area contributed by atoms with Gasteiger partial charge in [-0.25, -0.2) is 0 Å². The summed E-state index contributed by atoms with van der Waals surface area (Å²) in [6, 6.07) is 37.0. The van der Waals surface area contributed by atoms with Gasteiger partial charge in [0.2, 0.25) is 0 Å². The number of hydrogen-bond acceptors (Lipinski definition) is 0. The maximum absolute atomic E-state index is 3.80. The first-order valence-electron chi connectivity index (χ1n) is 9.51. The van der Waals surface area contributed by atoms with E-state index in [2.05, 4.69) is 119 Å². The van der Waals surface area contributed by atoms with Crippen molar-refractivity contribution >= 4 is 37.5 Å². The fraction of sp³-hybridized carbons (Fsp3) is 0.0370. The minimum absolute atomic E-state index is 0.806. The van der Waals surface area contributed by atoms with E-state index in [1.807, 2.05) is 0 Å². The fourth-order valence-corrected chi connectivity index (χ4v) is 4.74. The van der Waals surface area contributed by atoms with Crippen molar-refractivity contribution in [2.24, 2.45) is 0 Å². The Kier molecular flexibility index (Phi) is 4.46. The minimum atomic E-state index is 0.806. The monoisotopic (exact) mass is 422 g/mol. The van der Waals surface area contributed by atoms with E-state index in [0.29, 0.717) is 0 Å². The summed E-state index contributed by atoms with van der Waals surface area (Å²) >= 11 is 3.80. The molecule has 0 saturated heterocycles. The van der Waals surface area contributed by atoms with Crippen molar-refractivity contribution in [3.8, 4) is 22.3 Å². The van der Waals surface area contributed by atoms with Gasteiger partial charge in [0.1, 0.15) is 0 Å². The smallest absolute Gasteiger partial charge is 0.0295 e. The zero-order valence-corrected chi connectivity index (χ0v) is 17.0. The first-order chi connectivity index (χ1) is 13.9. The molecular weight excluding hydrogens is 404 g/mol. The number of halogens is 1. The standard InChI is InChI=1S/C27H19Br/c28-18-26-25(20-9-2-1-3-10-20)17-21-12-5-7-15-23(21)27(26)24-16-8-13-19-11-4-6-14-22(19)24/h1-17H,18H2. The molecule has 1 heteroatoms. The van der Waals surface area contributed by atoms with Gasteiger partial charge in [-0.3, -0.25) is 0 Å². The molecular formula is C27H19Br. The van der Waals surface area contributed by atoms with E-state index < -0.39 is 0 Å². The third-order valence-electron chi connectivity index (χ3n) is 5.43. The lowest BCUT2D eigenvalue weighted by Crippen LogP contribution is -1.95. The molecule has 0 fully saturated rings. The summed E-state index contributed by atoms with van der Waals surface area (Å²) in [5, 5.41) is 5.94. The van der Waals surface area contributed by atoms with E-state index in [4.69, 9.17) is 0 Å². The Morgan fingerprint density at radius 3 is 1.96 bits per heavy atom. The predicted molar refractivity (Wildman–Crippen MR) is 125 cm³/mol. The van der Waals surface area contributed by atoms with Crippen molar-refractivity contribution < 1.29 is 0 Å². The Morgan fingerprint density at radius 1 is 0.536 bits per heavy atom.